The van der Waals surface area contributed by atoms with Crippen molar-refractivity contribution in [1.82, 2.24) is 15.1 Å². The maximum Gasteiger partial charge on any atom is 0.0195 e. The molecular weight excluding hydrogens is 210 g/mol. The van der Waals surface area contributed by atoms with Gasteiger partial charge in [-0.05, 0) is 38.1 Å². The third-order valence-corrected chi connectivity index (χ3v) is 4.57. The van der Waals surface area contributed by atoms with E-state index in [1.807, 2.05) is 0 Å². The fraction of sp³-hybridized carbons (Fsp3) is 1.00. The average molecular weight is 237 g/mol. The normalized spacial score (nSPS) is 32.8. The predicted octanol–water partition coefficient (Wildman–Crippen LogP) is 1.16. The van der Waals surface area contributed by atoms with Gasteiger partial charge >= 0.3 is 0 Å². The summed E-state index contributed by atoms with van der Waals surface area (Å²) in [7, 11) is 0. The number of piperidine rings is 1. The zero-order valence-corrected chi connectivity index (χ0v) is 11.0. The van der Waals surface area contributed by atoms with Crippen molar-refractivity contribution in [1.29, 1.82) is 0 Å². The SMILES string of the molecule is C1CCC(CN2CCN(CC3CC3)CC2)NC1. The lowest BCUT2D eigenvalue weighted by Crippen LogP contribution is -2.51. The fourth-order valence-corrected chi connectivity index (χ4v) is 3.21. The van der Waals surface area contributed by atoms with Gasteiger partial charge in [0.05, 0.1) is 0 Å². The Morgan fingerprint density at radius 3 is 2.12 bits per heavy atom. The number of rotatable bonds is 4. The van der Waals surface area contributed by atoms with Gasteiger partial charge in [0.1, 0.15) is 0 Å². The van der Waals surface area contributed by atoms with Crippen molar-refractivity contribution in [3.63, 3.8) is 0 Å². The highest BCUT2D eigenvalue weighted by atomic mass is 15.3. The van der Waals surface area contributed by atoms with Crippen LogP contribution in [0.3, 0.4) is 0 Å². The largest absolute Gasteiger partial charge is 0.313 e. The number of hydrogen-bond donors (Lipinski definition) is 1. The Hall–Kier alpha value is -0.120. The van der Waals surface area contributed by atoms with E-state index in [1.165, 1.54) is 77.9 Å². The minimum absolute atomic E-state index is 0.777. The van der Waals surface area contributed by atoms with Crippen molar-refractivity contribution in [2.24, 2.45) is 5.92 Å². The highest BCUT2D eigenvalue weighted by molar-refractivity contribution is 4.83. The van der Waals surface area contributed by atoms with E-state index in [0.717, 1.165) is 12.0 Å². The van der Waals surface area contributed by atoms with Gasteiger partial charge in [-0.25, -0.2) is 0 Å². The van der Waals surface area contributed by atoms with Crippen LogP contribution in [0.5, 0.6) is 0 Å². The summed E-state index contributed by atoms with van der Waals surface area (Å²) in [6.07, 6.45) is 7.19. The Morgan fingerprint density at radius 1 is 0.824 bits per heavy atom. The Bertz CT molecular complexity index is 226. The molecule has 2 aliphatic heterocycles. The summed E-state index contributed by atoms with van der Waals surface area (Å²) in [6, 6.07) is 0.777. The lowest BCUT2D eigenvalue weighted by Gasteiger charge is -2.37. The minimum atomic E-state index is 0.777. The molecule has 3 fully saturated rings. The van der Waals surface area contributed by atoms with Crippen LogP contribution in [0.1, 0.15) is 32.1 Å². The molecule has 0 spiro atoms. The van der Waals surface area contributed by atoms with Crippen LogP contribution in [-0.2, 0) is 0 Å². The highest BCUT2D eigenvalue weighted by Crippen LogP contribution is 2.29. The van der Waals surface area contributed by atoms with E-state index in [9.17, 15) is 0 Å². The van der Waals surface area contributed by atoms with Crippen molar-refractivity contribution >= 4 is 0 Å². The second-order valence-electron chi connectivity index (χ2n) is 6.19. The Morgan fingerprint density at radius 2 is 1.53 bits per heavy atom. The summed E-state index contributed by atoms with van der Waals surface area (Å²) in [5.74, 6) is 1.06. The molecule has 17 heavy (non-hydrogen) atoms. The maximum atomic E-state index is 3.66. The van der Waals surface area contributed by atoms with Crippen molar-refractivity contribution in [2.45, 2.75) is 38.1 Å². The molecule has 0 aromatic heterocycles. The molecule has 1 N–H and O–H groups in total. The maximum absolute atomic E-state index is 3.66. The molecular formula is C14H27N3. The highest BCUT2D eigenvalue weighted by Gasteiger charge is 2.27. The monoisotopic (exact) mass is 237 g/mol. The third-order valence-electron chi connectivity index (χ3n) is 4.57. The summed E-state index contributed by atoms with van der Waals surface area (Å²) in [5, 5.41) is 3.66. The molecule has 2 saturated heterocycles. The first-order valence-electron chi connectivity index (χ1n) is 7.58. The van der Waals surface area contributed by atoms with E-state index in [-0.39, 0.29) is 0 Å². The van der Waals surface area contributed by atoms with Gasteiger partial charge in [0.15, 0.2) is 0 Å². The molecule has 98 valence electrons. The fourth-order valence-electron chi connectivity index (χ4n) is 3.21. The topological polar surface area (TPSA) is 18.5 Å². The number of hydrogen-bond acceptors (Lipinski definition) is 3. The lowest BCUT2D eigenvalue weighted by molar-refractivity contribution is 0.115. The van der Waals surface area contributed by atoms with Gasteiger partial charge in [0, 0.05) is 45.3 Å². The number of piperazine rings is 1. The zero-order chi connectivity index (χ0) is 11.5. The summed E-state index contributed by atoms with van der Waals surface area (Å²) in [4.78, 5) is 5.36. The van der Waals surface area contributed by atoms with Crippen LogP contribution in [0.4, 0.5) is 0 Å². The molecule has 1 saturated carbocycles. The van der Waals surface area contributed by atoms with Gasteiger partial charge in [-0.1, -0.05) is 6.42 Å². The molecule has 1 atom stereocenters. The lowest BCUT2D eigenvalue weighted by atomic mass is 10.0. The quantitative estimate of drug-likeness (QED) is 0.791. The Kier molecular flexibility index (Phi) is 3.99. The van der Waals surface area contributed by atoms with Crippen LogP contribution >= 0.6 is 0 Å². The first-order valence-corrected chi connectivity index (χ1v) is 7.58. The first-order chi connectivity index (χ1) is 8.40. The van der Waals surface area contributed by atoms with Gasteiger partial charge in [0.25, 0.3) is 0 Å². The Balaban J connectivity index is 1.35. The second kappa shape index (κ2) is 5.68. The molecule has 0 amide bonds. The van der Waals surface area contributed by atoms with Gasteiger partial charge in [-0.15, -0.1) is 0 Å². The van der Waals surface area contributed by atoms with Crippen LogP contribution in [0.15, 0.2) is 0 Å². The molecule has 0 bridgehead atoms. The molecule has 2 heterocycles. The average Bonchev–Trinajstić information content (AvgIpc) is 3.17. The Labute approximate surface area is 106 Å². The van der Waals surface area contributed by atoms with Crippen LogP contribution in [0.25, 0.3) is 0 Å². The molecule has 0 aromatic rings. The third kappa shape index (κ3) is 3.67. The van der Waals surface area contributed by atoms with Crippen molar-refractivity contribution in [2.75, 3.05) is 45.8 Å². The smallest absolute Gasteiger partial charge is 0.0195 e. The summed E-state index contributed by atoms with van der Waals surface area (Å²) in [6.45, 7) is 9.13. The van der Waals surface area contributed by atoms with Gasteiger partial charge in [0.2, 0.25) is 0 Å². The van der Waals surface area contributed by atoms with Gasteiger partial charge in [-0.2, -0.15) is 0 Å². The van der Waals surface area contributed by atoms with Crippen LogP contribution in [0, 0.1) is 5.92 Å². The summed E-state index contributed by atoms with van der Waals surface area (Å²) >= 11 is 0. The zero-order valence-electron chi connectivity index (χ0n) is 11.0. The molecule has 1 aliphatic carbocycles. The van der Waals surface area contributed by atoms with Gasteiger partial charge < -0.3 is 10.2 Å². The predicted molar refractivity (Wildman–Crippen MR) is 71.2 cm³/mol. The molecule has 3 rings (SSSR count). The van der Waals surface area contributed by atoms with Crippen LogP contribution in [-0.4, -0.2) is 61.7 Å². The van der Waals surface area contributed by atoms with Crippen molar-refractivity contribution < 1.29 is 0 Å². The molecule has 0 radical (unpaired) electrons. The number of nitrogens with zero attached hydrogens (tertiary/aromatic N) is 2. The first kappa shape index (κ1) is 11.9. The van der Waals surface area contributed by atoms with E-state index in [1.54, 1.807) is 0 Å². The van der Waals surface area contributed by atoms with Crippen molar-refractivity contribution in [3.8, 4) is 0 Å². The number of nitrogens with one attached hydrogen (secondary N) is 1. The van der Waals surface area contributed by atoms with E-state index in [0.29, 0.717) is 0 Å². The molecule has 3 nitrogen and oxygen atoms in total. The van der Waals surface area contributed by atoms with E-state index >= 15 is 0 Å². The van der Waals surface area contributed by atoms with Crippen LogP contribution in [0.2, 0.25) is 0 Å². The van der Waals surface area contributed by atoms with Crippen molar-refractivity contribution in [3.05, 3.63) is 0 Å². The molecule has 3 heteroatoms. The summed E-state index contributed by atoms with van der Waals surface area (Å²) < 4.78 is 0. The second-order valence-corrected chi connectivity index (χ2v) is 6.19. The molecule has 0 aromatic carbocycles. The molecule has 3 aliphatic rings. The summed E-state index contributed by atoms with van der Waals surface area (Å²) in [5.41, 5.74) is 0. The van der Waals surface area contributed by atoms with Crippen LogP contribution < -0.4 is 5.32 Å². The molecule has 1 unspecified atom stereocenters. The van der Waals surface area contributed by atoms with E-state index in [4.69, 9.17) is 0 Å². The van der Waals surface area contributed by atoms with E-state index in [2.05, 4.69) is 15.1 Å². The van der Waals surface area contributed by atoms with E-state index < -0.39 is 0 Å². The standard InChI is InChI=1S/C14H27N3/c1-2-6-15-14(3-1)12-17-9-7-16(8-10-17)11-13-4-5-13/h13-15H,1-12H2. The van der Waals surface area contributed by atoms with Gasteiger partial charge in [-0.3, -0.25) is 4.90 Å². The minimum Gasteiger partial charge on any atom is -0.313 e.